The van der Waals surface area contributed by atoms with Gasteiger partial charge in [-0.15, -0.1) is 5.17 Å². The maximum Gasteiger partial charge on any atom is 0.245 e. The summed E-state index contributed by atoms with van der Waals surface area (Å²) in [5, 5.41) is 7.44. The summed E-state index contributed by atoms with van der Waals surface area (Å²) in [6.07, 6.45) is 3.59. The molecule has 4 heteroatoms. The lowest BCUT2D eigenvalue weighted by molar-refractivity contribution is -0.0997. The monoisotopic (exact) mass is 204 g/mol. The van der Waals surface area contributed by atoms with E-state index in [1.54, 1.807) is 20.4 Å². The molecule has 1 aliphatic rings. The van der Waals surface area contributed by atoms with E-state index in [0.29, 0.717) is 5.88 Å². The van der Waals surface area contributed by atoms with Gasteiger partial charge in [0.1, 0.15) is 0 Å². The van der Waals surface area contributed by atoms with Crippen molar-refractivity contribution >= 4 is 18.2 Å². The third kappa shape index (κ3) is 1.71. The standard InChI is InChI=1S/C11H12N2O2/c1-14-11-10-6-4-3-5-9(10)7-8-12-13(11)15-2/h3-8H,1-2H3. The maximum atomic E-state index is 5.28. The lowest BCUT2D eigenvalue weighted by Crippen LogP contribution is -2.31. The summed E-state index contributed by atoms with van der Waals surface area (Å²) >= 11 is 0. The van der Waals surface area contributed by atoms with Crippen molar-refractivity contribution in [3.8, 4) is 0 Å². The second kappa shape index (κ2) is 4.14. The molecule has 2 rings (SSSR count). The van der Waals surface area contributed by atoms with Gasteiger partial charge in [0.15, 0.2) is 0 Å². The van der Waals surface area contributed by atoms with Crippen LogP contribution in [0.1, 0.15) is 0 Å². The topological polar surface area (TPSA) is 34.1 Å². The first-order chi connectivity index (χ1) is 7.36. The number of hydrogen-bond acceptors (Lipinski definition) is 4. The van der Waals surface area contributed by atoms with E-state index in [-0.39, 0.29) is 0 Å². The van der Waals surface area contributed by atoms with Crippen LogP contribution in [0.5, 0.6) is 0 Å². The van der Waals surface area contributed by atoms with Gasteiger partial charge in [0, 0.05) is 5.22 Å². The quantitative estimate of drug-likeness (QED) is 0.682. The van der Waals surface area contributed by atoms with Crippen LogP contribution in [0, 0.1) is 0 Å². The highest BCUT2D eigenvalue weighted by Crippen LogP contribution is 2.05. The molecule has 4 nitrogen and oxygen atoms in total. The number of nitrogens with zero attached hydrogens (tertiary/aromatic N) is 2. The first kappa shape index (κ1) is 9.73. The zero-order valence-electron chi connectivity index (χ0n) is 8.68. The van der Waals surface area contributed by atoms with Crippen LogP contribution in [0.25, 0.3) is 12.0 Å². The summed E-state index contributed by atoms with van der Waals surface area (Å²) in [6, 6.07) is 7.88. The van der Waals surface area contributed by atoms with Gasteiger partial charge in [0.25, 0.3) is 0 Å². The smallest absolute Gasteiger partial charge is 0.245 e. The van der Waals surface area contributed by atoms with Crippen molar-refractivity contribution in [2.24, 2.45) is 5.10 Å². The zero-order chi connectivity index (χ0) is 10.7. The molecule has 0 aromatic heterocycles. The minimum atomic E-state index is 0.582. The minimum Gasteiger partial charge on any atom is -0.479 e. The van der Waals surface area contributed by atoms with Crippen molar-refractivity contribution in [3.05, 3.63) is 34.7 Å². The Morgan fingerprint density at radius 2 is 2.00 bits per heavy atom. The Morgan fingerprint density at radius 1 is 1.20 bits per heavy atom. The first-order valence-electron chi connectivity index (χ1n) is 4.58. The number of fused-ring (bicyclic) bond motifs is 1. The molecule has 0 atom stereocenters. The predicted molar refractivity (Wildman–Crippen MR) is 57.9 cm³/mol. The van der Waals surface area contributed by atoms with Crippen molar-refractivity contribution in [2.75, 3.05) is 14.2 Å². The lowest BCUT2D eigenvalue weighted by atomic mass is 10.2. The normalized spacial score (nSPS) is 14.3. The molecule has 0 radical (unpaired) electrons. The minimum absolute atomic E-state index is 0.582. The molecule has 0 fully saturated rings. The van der Waals surface area contributed by atoms with Gasteiger partial charge in [-0.25, -0.2) is 0 Å². The van der Waals surface area contributed by atoms with Gasteiger partial charge >= 0.3 is 0 Å². The molecule has 0 saturated carbocycles. The summed E-state index contributed by atoms with van der Waals surface area (Å²) in [7, 11) is 3.14. The zero-order valence-corrected chi connectivity index (χ0v) is 8.68. The Balaban J connectivity index is 2.75. The van der Waals surface area contributed by atoms with E-state index < -0.39 is 0 Å². The number of rotatable bonds is 2. The first-order valence-corrected chi connectivity index (χ1v) is 4.58. The fourth-order valence-corrected chi connectivity index (χ4v) is 1.48. The van der Waals surface area contributed by atoms with E-state index in [0.717, 1.165) is 10.4 Å². The Morgan fingerprint density at radius 3 is 2.73 bits per heavy atom. The molecule has 15 heavy (non-hydrogen) atoms. The van der Waals surface area contributed by atoms with E-state index >= 15 is 0 Å². The van der Waals surface area contributed by atoms with Crippen LogP contribution in [-0.2, 0) is 9.57 Å². The highest BCUT2D eigenvalue weighted by molar-refractivity contribution is 5.91. The van der Waals surface area contributed by atoms with E-state index in [1.165, 1.54) is 5.17 Å². The van der Waals surface area contributed by atoms with E-state index in [4.69, 9.17) is 9.57 Å². The average Bonchev–Trinajstić information content (AvgIpc) is 2.47. The second-order valence-corrected chi connectivity index (χ2v) is 2.98. The SMILES string of the molecule is COC1=c2ccccc2=CC=NN1OC. The van der Waals surface area contributed by atoms with E-state index in [2.05, 4.69) is 5.10 Å². The van der Waals surface area contributed by atoms with Crippen molar-refractivity contribution < 1.29 is 9.57 Å². The third-order valence-electron chi connectivity index (χ3n) is 2.16. The summed E-state index contributed by atoms with van der Waals surface area (Å²) in [6.45, 7) is 0. The summed E-state index contributed by atoms with van der Waals surface area (Å²) < 4.78 is 5.28. The molecular weight excluding hydrogens is 192 g/mol. The lowest BCUT2D eigenvalue weighted by Gasteiger charge is -2.16. The van der Waals surface area contributed by atoms with Crippen LogP contribution in [0.15, 0.2) is 29.4 Å². The fourth-order valence-electron chi connectivity index (χ4n) is 1.48. The highest BCUT2D eigenvalue weighted by atomic mass is 16.7. The van der Waals surface area contributed by atoms with Crippen LogP contribution in [0.2, 0.25) is 0 Å². The number of hydroxylamine groups is 1. The molecule has 78 valence electrons. The molecule has 1 aromatic carbocycles. The highest BCUT2D eigenvalue weighted by Gasteiger charge is 2.10. The Hall–Kier alpha value is -1.81. The van der Waals surface area contributed by atoms with Gasteiger partial charge in [0.05, 0.1) is 20.4 Å². The molecule has 0 spiro atoms. The van der Waals surface area contributed by atoms with Gasteiger partial charge in [-0.2, -0.15) is 5.10 Å². The van der Waals surface area contributed by atoms with Crippen molar-refractivity contribution in [3.63, 3.8) is 0 Å². The van der Waals surface area contributed by atoms with Gasteiger partial charge in [-0.05, 0) is 17.4 Å². The number of ether oxygens (including phenoxy) is 1. The molecule has 0 saturated heterocycles. The summed E-state index contributed by atoms with van der Waals surface area (Å²) in [5.74, 6) is 0.582. The van der Waals surface area contributed by atoms with Crippen LogP contribution >= 0.6 is 0 Å². The van der Waals surface area contributed by atoms with Gasteiger partial charge in [0.2, 0.25) is 5.88 Å². The fraction of sp³-hybridized carbons (Fsp3) is 0.182. The van der Waals surface area contributed by atoms with Crippen LogP contribution < -0.4 is 10.4 Å². The summed E-state index contributed by atoms with van der Waals surface area (Å²) in [5.41, 5.74) is 0. The molecule has 1 aliphatic heterocycles. The third-order valence-corrected chi connectivity index (χ3v) is 2.16. The van der Waals surface area contributed by atoms with Gasteiger partial charge in [-0.1, -0.05) is 18.2 Å². The molecule has 0 aliphatic carbocycles. The van der Waals surface area contributed by atoms with Gasteiger partial charge < -0.3 is 4.74 Å². The van der Waals surface area contributed by atoms with Crippen LogP contribution in [0.4, 0.5) is 0 Å². The van der Waals surface area contributed by atoms with E-state index in [1.807, 2.05) is 30.3 Å². The molecule has 0 bridgehead atoms. The molecule has 0 unspecified atom stereocenters. The Kier molecular flexibility index (Phi) is 2.69. The average molecular weight is 204 g/mol. The second-order valence-electron chi connectivity index (χ2n) is 2.98. The Bertz CT molecular complexity index is 494. The molecular formula is C11H12N2O2. The van der Waals surface area contributed by atoms with Crippen LogP contribution in [0.3, 0.4) is 0 Å². The van der Waals surface area contributed by atoms with Crippen molar-refractivity contribution in [1.82, 2.24) is 5.17 Å². The number of hydrazone groups is 1. The Labute approximate surface area is 87.7 Å². The number of benzene rings is 1. The maximum absolute atomic E-state index is 5.28. The predicted octanol–water partition coefficient (Wildman–Crippen LogP) is 0.0420. The van der Waals surface area contributed by atoms with Crippen molar-refractivity contribution in [1.29, 1.82) is 0 Å². The molecule has 1 heterocycles. The molecule has 0 amide bonds. The number of methoxy groups -OCH3 is 1. The van der Waals surface area contributed by atoms with Crippen LogP contribution in [-0.4, -0.2) is 25.6 Å². The largest absolute Gasteiger partial charge is 0.479 e. The van der Waals surface area contributed by atoms with E-state index in [9.17, 15) is 0 Å². The van der Waals surface area contributed by atoms with Crippen molar-refractivity contribution in [2.45, 2.75) is 0 Å². The number of hydrogen-bond donors (Lipinski definition) is 0. The molecule has 0 N–H and O–H groups in total. The molecule has 1 aromatic rings. The van der Waals surface area contributed by atoms with Gasteiger partial charge in [-0.3, -0.25) is 4.84 Å². The summed E-state index contributed by atoms with van der Waals surface area (Å²) in [4.78, 5) is 5.08.